The third-order valence-electron chi connectivity index (χ3n) is 2.41. The lowest BCUT2D eigenvalue weighted by Gasteiger charge is -2.10. The van der Waals surface area contributed by atoms with Crippen molar-refractivity contribution in [1.29, 1.82) is 0 Å². The number of rotatable bonds is 6. The molecule has 0 radical (unpaired) electrons. The molecule has 1 rings (SSSR count). The van der Waals surface area contributed by atoms with E-state index in [4.69, 9.17) is 23.2 Å². The summed E-state index contributed by atoms with van der Waals surface area (Å²) in [6.07, 6.45) is 0.980. The van der Waals surface area contributed by atoms with Gasteiger partial charge in [-0.05, 0) is 30.5 Å². The third kappa shape index (κ3) is 5.61. The zero-order valence-electron chi connectivity index (χ0n) is 10.6. The monoisotopic (exact) mass is 288 g/mol. The molecule has 0 aromatic heterocycles. The summed E-state index contributed by atoms with van der Waals surface area (Å²) in [6.45, 7) is 5.15. The average Bonchev–Trinajstić information content (AvgIpc) is 2.27. The number of halogens is 2. The maximum Gasteiger partial charge on any atom is 0.239 e. The van der Waals surface area contributed by atoms with E-state index in [9.17, 15) is 4.79 Å². The maximum atomic E-state index is 11.5. The van der Waals surface area contributed by atoms with Gasteiger partial charge in [0, 0.05) is 11.6 Å². The Hall–Kier alpha value is -0.930. The van der Waals surface area contributed by atoms with Gasteiger partial charge in [0.2, 0.25) is 5.91 Å². The minimum absolute atomic E-state index is 0.0401. The highest BCUT2D eigenvalue weighted by molar-refractivity contribution is 6.36. The number of benzene rings is 1. The molecule has 3 nitrogen and oxygen atoms in total. The Balaban J connectivity index is 2.33. The molecule has 100 valence electrons. The van der Waals surface area contributed by atoms with E-state index in [2.05, 4.69) is 24.5 Å². The standard InChI is InChI=1S/C13H18Cl2N2O/c1-9(2)5-6-16-13(18)8-17-12-4-3-10(14)7-11(12)15/h3-4,7,9,17H,5-6,8H2,1-2H3,(H,16,18). The van der Waals surface area contributed by atoms with Crippen molar-refractivity contribution in [2.75, 3.05) is 18.4 Å². The number of carbonyl (C=O) groups excluding carboxylic acids is 1. The van der Waals surface area contributed by atoms with Crippen molar-refractivity contribution in [3.05, 3.63) is 28.2 Å². The highest BCUT2D eigenvalue weighted by atomic mass is 35.5. The van der Waals surface area contributed by atoms with Crippen LogP contribution < -0.4 is 10.6 Å². The lowest BCUT2D eigenvalue weighted by atomic mass is 10.1. The van der Waals surface area contributed by atoms with Gasteiger partial charge in [0.25, 0.3) is 0 Å². The normalized spacial score (nSPS) is 10.5. The van der Waals surface area contributed by atoms with Crippen LogP contribution in [0.5, 0.6) is 0 Å². The van der Waals surface area contributed by atoms with E-state index in [0.717, 1.165) is 6.42 Å². The van der Waals surface area contributed by atoms with Gasteiger partial charge < -0.3 is 10.6 Å². The predicted octanol–water partition coefficient (Wildman–Crippen LogP) is 3.57. The van der Waals surface area contributed by atoms with E-state index in [-0.39, 0.29) is 12.5 Å². The quantitative estimate of drug-likeness (QED) is 0.840. The zero-order valence-corrected chi connectivity index (χ0v) is 12.1. The fraction of sp³-hybridized carbons (Fsp3) is 0.462. The summed E-state index contributed by atoms with van der Waals surface area (Å²) in [5.41, 5.74) is 0.708. The van der Waals surface area contributed by atoms with Gasteiger partial charge in [0.05, 0.1) is 17.3 Å². The summed E-state index contributed by atoms with van der Waals surface area (Å²) in [5.74, 6) is 0.547. The fourth-order valence-electron chi connectivity index (χ4n) is 1.37. The van der Waals surface area contributed by atoms with Crippen LogP contribution in [-0.4, -0.2) is 19.0 Å². The first kappa shape index (κ1) is 15.1. The van der Waals surface area contributed by atoms with Gasteiger partial charge in [-0.25, -0.2) is 0 Å². The van der Waals surface area contributed by atoms with Crippen LogP contribution in [0.3, 0.4) is 0 Å². The summed E-state index contributed by atoms with van der Waals surface area (Å²) < 4.78 is 0. The largest absolute Gasteiger partial charge is 0.375 e. The summed E-state index contributed by atoms with van der Waals surface area (Å²) >= 11 is 11.8. The number of hydrogen-bond acceptors (Lipinski definition) is 2. The minimum atomic E-state index is -0.0401. The third-order valence-corrected chi connectivity index (χ3v) is 2.96. The van der Waals surface area contributed by atoms with Crippen LogP contribution >= 0.6 is 23.2 Å². The topological polar surface area (TPSA) is 41.1 Å². The first-order valence-corrected chi connectivity index (χ1v) is 6.70. The van der Waals surface area contributed by atoms with Crippen LogP contribution in [-0.2, 0) is 4.79 Å². The molecule has 0 bridgehead atoms. The van der Waals surface area contributed by atoms with Crippen molar-refractivity contribution in [2.24, 2.45) is 5.92 Å². The van der Waals surface area contributed by atoms with Crippen LogP contribution in [0, 0.1) is 5.92 Å². The Bertz CT molecular complexity index is 408. The number of anilines is 1. The van der Waals surface area contributed by atoms with E-state index in [1.807, 2.05) is 0 Å². The van der Waals surface area contributed by atoms with Crippen molar-refractivity contribution < 1.29 is 4.79 Å². The molecule has 1 aromatic carbocycles. The van der Waals surface area contributed by atoms with E-state index in [1.165, 1.54) is 0 Å². The second kappa shape index (κ2) is 7.49. The van der Waals surface area contributed by atoms with Crippen LogP contribution in [0.25, 0.3) is 0 Å². The van der Waals surface area contributed by atoms with Crippen LogP contribution in [0.1, 0.15) is 20.3 Å². The summed E-state index contributed by atoms with van der Waals surface area (Å²) in [7, 11) is 0. The molecular weight excluding hydrogens is 271 g/mol. The van der Waals surface area contributed by atoms with Crippen LogP contribution in [0.4, 0.5) is 5.69 Å². The van der Waals surface area contributed by atoms with Crippen molar-refractivity contribution >= 4 is 34.8 Å². The van der Waals surface area contributed by atoms with Crippen molar-refractivity contribution in [3.8, 4) is 0 Å². The molecule has 0 aliphatic carbocycles. The van der Waals surface area contributed by atoms with Gasteiger partial charge in [0.15, 0.2) is 0 Å². The summed E-state index contributed by atoms with van der Waals surface area (Å²) in [6, 6.07) is 5.13. The molecule has 18 heavy (non-hydrogen) atoms. The molecule has 1 amide bonds. The van der Waals surface area contributed by atoms with Crippen molar-refractivity contribution in [1.82, 2.24) is 5.32 Å². The summed E-state index contributed by atoms with van der Waals surface area (Å²) in [5, 5.41) is 6.91. The fourth-order valence-corrected chi connectivity index (χ4v) is 1.85. The van der Waals surface area contributed by atoms with E-state index >= 15 is 0 Å². The lowest BCUT2D eigenvalue weighted by molar-refractivity contribution is -0.119. The van der Waals surface area contributed by atoms with Crippen LogP contribution in [0.2, 0.25) is 10.0 Å². The van der Waals surface area contributed by atoms with Gasteiger partial charge in [-0.3, -0.25) is 4.79 Å². The molecule has 0 aliphatic heterocycles. The van der Waals surface area contributed by atoms with Crippen LogP contribution in [0.15, 0.2) is 18.2 Å². The Kier molecular flexibility index (Phi) is 6.30. The second-order valence-corrected chi connectivity index (χ2v) is 5.35. The average molecular weight is 289 g/mol. The molecule has 0 aliphatic rings. The number of carbonyl (C=O) groups is 1. The van der Waals surface area contributed by atoms with Crippen molar-refractivity contribution in [3.63, 3.8) is 0 Å². The molecule has 2 N–H and O–H groups in total. The van der Waals surface area contributed by atoms with E-state index < -0.39 is 0 Å². The molecule has 0 atom stereocenters. The van der Waals surface area contributed by atoms with Gasteiger partial charge in [0.1, 0.15) is 0 Å². The highest BCUT2D eigenvalue weighted by Gasteiger charge is 2.04. The molecule has 0 unspecified atom stereocenters. The van der Waals surface area contributed by atoms with E-state index in [0.29, 0.717) is 28.2 Å². The maximum absolute atomic E-state index is 11.5. The Labute approximate surface area is 118 Å². The van der Waals surface area contributed by atoms with Gasteiger partial charge >= 0.3 is 0 Å². The molecule has 1 aromatic rings. The number of nitrogens with one attached hydrogen (secondary N) is 2. The summed E-state index contributed by atoms with van der Waals surface area (Å²) in [4.78, 5) is 11.5. The SMILES string of the molecule is CC(C)CCNC(=O)CNc1ccc(Cl)cc1Cl. The Morgan fingerprint density at radius 3 is 2.67 bits per heavy atom. The Morgan fingerprint density at radius 2 is 2.06 bits per heavy atom. The first-order valence-electron chi connectivity index (χ1n) is 5.94. The van der Waals surface area contributed by atoms with Gasteiger partial charge in [-0.2, -0.15) is 0 Å². The highest BCUT2D eigenvalue weighted by Crippen LogP contribution is 2.24. The molecule has 0 spiro atoms. The molecule has 0 fully saturated rings. The lowest BCUT2D eigenvalue weighted by Crippen LogP contribution is -2.31. The molecule has 0 heterocycles. The smallest absolute Gasteiger partial charge is 0.239 e. The predicted molar refractivity (Wildman–Crippen MR) is 77.4 cm³/mol. The molecule has 0 saturated heterocycles. The zero-order chi connectivity index (χ0) is 13.5. The van der Waals surface area contributed by atoms with E-state index in [1.54, 1.807) is 18.2 Å². The molecular formula is C13H18Cl2N2O. The van der Waals surface area contributed by atoms with Gasteiger partial charge in [-0.1, -0.05) is 37.0 Å². The first-order chi connectivity index (χ1) is 8.49. The second-order valence-electron chi connectivity index (χ2n) is 4.51. The van der Waals surface area contributed by atoms with Gasteiger partial charge in [-0.15, -0.1) is 0 Å². The molecule has 0 saturated carbocycles. The number of amides is 1. The minimum Gasteiger partial charge on any atom is -0.375 e. The number of hydrogen-bond donors (Lipinski definition) is 2. The molecule has 5 heteroatoms. The van der Waals surface area contributed by atoms with Crippen molar-refractivity contribution in [2.45, 2.75) is 20.3 Å². The Morgan fingerprint density at radius 1 is 1.33 bits per heavy atom.